The molecule has 1 heterocycles. The molecule has 0 bridgehead atoms. The molecule has 1 aliphatic heterocycles. The minimum atomic E-state index is -1.04. The average molecular weight is 540 g/mol. The van der Waals surface area contributed by atoms with Gasteiger partial charge in [-0.05, 0) is 38.0 Å². The van der Waals surface area contributed by atoms with Crippen LogP contribution in [-0.4, -0.2) is 72.3 Å². The van der Waals surface area contributed by atoms with E-state index in [1.165, 1.54) is 13.8 Å². The number of cyclic esters (lactones) is 1. The Bertz CT molecular complexity index is 876. The number of rotatable bonds is 5. The van der Waals surface area contributed by atoms with Crippen molar-refractivity contribution in [3.05, 3.63) is 0 Å². The van der Waals surface area contributed by atoms with Crippen LogP contribution < -0.4 is 26.6 Å². The summed E-state index contributed by atoms with van der Waals surface area (Å²) in [6, 6.07) is -3.97. The summed E-state index contributed by atoms with van der Waals surface area (Å²) in [5, 5.41) is 12.9. The fraction of sp³-hybridized carbons (Fsp3) is 0.769. The van der Waals surface area contributed by atoms with Crippen molar-refractivity contribution in [3.8, 4) is 0 Å². The predicted octanol–water partition coefficient (Wildman–Crippen LogP) is 0.145. The monoisotopic (exact) mass is 539 g/mol. The molecule has 1 saturated heterocycles. The maximum Gasteiger partial charge on any atom is 0.328 e. The Hall–Kier alpha value is -3.18. The lowest BCUT2D eigenvalue weighted by molar-refractivity contribution is -0.156. The van der Waals surface area contributed by atoms with E-state index < -0.39 is 65.8 Å². The van der Waals surface area contributed by atoms with Gasteiger partial charge in [-0.25, -0.2) is 4.79 Å². The van der Waals surface area contributed by atoms with Crippen LogP contribution in [0.3, 0.4) is 0 Å². The molecule has 0 saturated carbocycles. The van der Waals surface area contributed by atoms with Crippen LogP contribution in [0.5, 0.6) is 0 Å². The van der Waals surface area contributed by atoms with Gasteiger partial charge in [-0.1, -0.05) is 48.0 Å². The molecule has 0 radical (unpaired) electrons. The highest BCUT2D eigenvalue weighted by atomic mass is 16.5. The van der Waals surface area contributed by atoms with Crippen molar-refractivity contribution in [2.75, 3.05) is 6.54 Å². The van der Waals surface area contributed by atoms with E-state index in [4.69, 9.17) is 4.74 Å². The SMILES string of the molecule is CC[C@H](C)[C@@H]1CC(=O)NCC(=O)N[C@@H](C(C)C)C(=O)N[C@H](CC(C)C)C(=O)N[C@@H](C)C(=O)N[C@@H](C)C(=O)O1. The highest BCUT2D eigenvalue weighted by Crippen LogP contribution is 2.16. The van der Waals surface area contributed by atoms with Crippen LogP contribution in [0.2, 0.25) is 0 Å². The second kappa shape index (κ2) is 15.3. The summed E-state index contributed by atoms with van der Waals surface area (Å²) in [5.41, 5.74) is 0. The van der Waals surface area contributed by atoms with E-state index >= 15 is 0 Å². The van der Waals surface area contributed by atoms with Gasteiger partial charge in [0.05, 0.1) is 13.0 Å². The molecule has 1 aliphatic rings. The van der Waals surface area contributed by atoms with Gasteiger partial charge in [0.1, 0.15) is 30.3 Å². The Labute approximate surface area is 225 Å². The summed E-state index contributed by atoms with van der Waals surface area (Å²) in [5.74, 6) is -3.99. The lowest BCUT2D eigenvalue weighted by atomic mass is 9.98. The molecule has 0 aromatic heterocycles. The molecule has 5 N–H and O–H groups in total. The summed E-state index contributed by atoms with van der Waals surface area (Å²) in [6.07, 6.45) is -0.0368. The zero-order valence-corrected chi connectivity index (χ0v) is 23.8. The number of nitrogens with one attached hydrogen (secondary N) is 5. The zero-order chi connectivity index (χ0) is 29.2. The summed E-state index contributed by atoms with van der Waals surface area (Å²) in [6.45, 7) is 13.5. The summed E-state index contributed by atoms with van der Waals surface area (Å²) in [4.78, 5) is 76.7. The summed E-state index contributed by atoms with van der Waals surface area (Å²) < 4.78 is 5.55. The van der Waals surface area contributed by atoms with Gasteiger partial charge in [-0.2, -0.15) is 0 Å². The predicted molar refractivity (Wildman–Crippen MR) is 140 cm³/mol. The maximum absolute atomic E-state index is 13.1. The lowest BCUT2D eigenvalue weighted by Gasteiger charge is -2.27. The van der Waals surface area contributed by atoms with Crippen LogP contribution in [0.4, 0.5) is 0 Å². The first-order valence-electron chi connectivity index (χ1n) is 13.3. The van der Waals surface area contributed by atoms with Gasteiger partial charge in [0.2, 0.25) is 29.5 Å². The Morgan fingerprint density at radius 2 is 1.39 bits per heavy atom. The third kappa shape index (κ3) is 10.7. The molecule has 6 atom stereocenters. The second-order valence-corrected chi connectivity index (χ2v) is 10.8. The van der Waals surface area contributed by atoms with Crippen LogP contribution in [0, 0.1) is 17.8 Å². The van der Waals surface area contributed by atoms with Gasteiger partial charge in [-0.15, -0.1) is 0 Å². The molecule has 216 valence electrons. The number of ether oxygens (including phenoxy) is 1. The number of hydrogen-bond donors (Lipinski definition) is 5. The zero-order valence-electron chi connectivity index (χ0n) is 23.8. The molecule has 1 rings (SSSR count). The van der Waals surface area contributed by atoms with Crippen LogP contribution in [0.25, 0.3) is 0 Å². The van der Waals surface area contributed by atoms with Crippen molar-refractivity contribution >= 4 is 35.5 Å². The molecular formula is C26H45N5O7. The standard InChI is InChI=1S/C26H45N5O7/c1-9-15(6)19-11-20(32)27-12-21(33)31-22(14(4)5)25(36)30-18(10-13(2)3)24(35)28-16(7)23(34)29-17(8)26(37)38-19/h13-19,22H,9-12H2,1-8H3,(H,27,32)(H,28,35)(H,29,34)(H,30,36)(H,31,33)/t15-,16-,17-,18+,19-,22-/m0/s1. The molecule has 0 spiro atoms. The highest BCUT2D eigenvalue weighted by Gasteiger charge is 2.32. The molecule has 0 unspecified atom stereocenters. The van der Waals surface area contributed by atoms with Crippen LogP contribution in [0.15, 0.2) is 0 Å². The third-order valence-corrected chi connectivity index (χ3v) is 6.45. The minimum Gasteiger partial charge on any atom is -0.460 e. The van der Waals surface area contributed by atoms with Crippen molar-refractivity contribution in [2.45, 2.75) is 105 Å². The van der Waals surface area contributed by atoms with E-state index in [0.717, 1.165) is 0 Å². The minimum absolute atomic E-state index is 0.0346. The smallest absolute Gasteiger partial charge is 0.328 e. The Balaban J connectivity index is 3.28. The number of hydrogen-bond acceptors (Lipinski definition) is 7. The van der Waals surface area contributed by atoms with Crippen molar-refractivity contribution in [1.29, 1.82) is 0 Å². The quantitative estimate of drug-likeness (QED) is 0.309. The Morgan fingerprint density at radius 3 is 1.95 bits per heavy atom. The van der Waals surface area contributed by atoms with Crippen molar-refractivity contribution in [1.82, 2.24) is 26.6 Å². The van der Waals surface area contributed by atoms with Crippen LogP contribution in [-0.2, 0) is 33.5 Å². The number of amides is 5. The second-order valence-electron chi connectivity index (χ2n) is 10.8. The molecule has 1 fully saturated rings. The van der Waals surface area contributed by atoms with Gasteiger partial charge >= 0.3 is 5.97 Å². The first-order valence-corrected chi connectivity index (χ1v) is 13.3. The highest BCUT2D eigenvalue weighted by molar-refractivity contribution is 5.95. The van der Waals surface area contributed by atoms with Gasteiger partial charge in [0, 0.05) is 0 Å². The van der Waals surface area contributed by atoms with E-state index in [2.05, 4.69) is 26.6 Å². The summed E-state index contributed by atoms with van der Waals surface area (Å²) >= 11 is 0. The van der Waals surface area contributed by atoms with E-state index in [0.29, 0.717) is 12.8 Å². The maximum atomic E-state index is 13.1. The van der Waals surface area contributed by atoms with Crippen LogP contribution in [0.1, 0.15) is 74.7 Å². The van der Waals surface area contributed by atoms with Gasteiger partial charge in [0.25, 0.3) is 0 Å². The first-order chi connectivity index (χ1) is 17.7. The van der Waals surface area contributed by atoms with Crippen molar-refractivity contribution < 1.29 is 33.5 Å². The number of carbonyl (C=O) groups is 6. The van der Waals surface area contributed by atoms with Crippen molar-refractivity contribution in [2.24, 2.45) is 17.8 Å². The topological polar surface area (TPSA) is 172 Å². The molecule has 0 aromatic carbocycles. The van der Waals surface area contributed by atoms with E-state index in [1.54, 1.807) is 13.8 Å². The number of esters is 1. The summed E-state index contributed by atoms with van der Waals surface area (Å²) in [7, 11) is 0. The Morgan fingerprint density at radius 1 is 0.789 bits per heavy atom. The molecule has 5 amide bonds. The Kier molecular flexibility index (Phi) is 13.2. The van der Waals surface area contributed by atoms with Gasteiger partial charge in [-0.3, -0.25) is 24.0 Å². The molecule has 12 nitrogen and oxygen atoms in total. The molecule has 0 aliphatic carbocycles. The number of carbonyl (C=O) groups excluding carboxylic acids is 6. The molecule has 12 heteroatoms. The molecule has 0 aromatic rings. The normalized spacial score (nSPS) is 28.1. The molecular weight excluding hydrogens is 494 g/mol. The fourth-order valence-electron chi connectivity index (χ4n) is 3.81. The lowest BCUT2D eigenvalue weighted by Crippen LogP contribution is -2.58. The van der Waals surface area contributed by atoms with Crippen molar-refractivity contribution in [3.63, 3.8) is 0 Å². The average Bonchev–Trinajstić information content (AvgIpc) is 2.83. The molecule has 38 heavy (non-hydrogen) atoms. The van der Waals surface area contributed by atoms with E-state index in [-0.39, 0.29) is 30.7 Å². The fourth-order valence-corrected chi connectivity index (χ4v) is 3.81. The van der Waals surface area contributed by atoms with Gasteiger partial charge < -0.3 is 31.3 Å². The van der Waals surface area contributed by atoms with Gasteiger partial charge in [0.15, 0.2) is 0 Å². The largest absolute Gasteiger partial charge is 0.460 e. The first kappa shape index (κ1) is 32.8. The third-order valence-electron chi connectivity index (χ3n) is 6.45. The van der Waals surface area contributed by atoms with E-state index in [1.807, 2.05) is 27.7 Å². The van der Waals surface area contributed by atoms with Crippen LogP contribution >= 0.6 is 0 Å². The van der Waals surface area contributed by atoms with E-state index in [9.17, 15) is 28.8 Å².